The van der Waals surface area contributed by atoms with Gasteiger partial charge in [-0.3, -0.25) is 24.7 Å². The van der Waals surface area contributed by atoms with E-state index in [1.54, 1.807) is 17.8 Å². The van der Waals surface area contributed by atoms with Crippen molar-refractivity contribution >= 4 is 28.7 Å². The Morgan fingerprint density at radius 3 is 2.84 bits per heavy atom. The fourth-order valence-electron chi connectivity index (χ4n) is 4.90. The summed E-state index contributed by atoms with van der Waals surface area (Å²) < 4.78 is 7.76. The molecule has 11 heteroatoms. The molecule has 0 radical (unpaired) electrons. The van der Waals surface area contributed by atoms with Gasteiger partial charge < -0.3 is 10.1 Å². The van der Waals surface area contributed by atoms with Crippen LogP contribution in [0.2, 0.25) is 0 Å². The summed E-state index contributed by atoms with van der Waals surface area (Å²) in [5.74, 6) is 1.61. The first-order chi connectivity index (χ1) is 18.3. The number of likely N-dealkylation sites (N-methyl/N-ethyl adjacent to an activating group) is 1. The zero-order chi connectivity index (χ0) is 26.4. The summed E-state index contributed by atoms with van der Waals surface area (Å²) in [7, 11) is 1.64. The molecule has 1 aliphatic heterocycles. The second-order valence-electron chi connectivity index (χ2n) is 10.4. The number of benzene rings is 1. The summed E-state index contributed by atoms with van der Waals surface area (Å²) in [6.07, 6.45) is 6.15. The van der Waals surface area contributed by atoms with E-state index < -0.39 is 0 Å². The number of aromatic amines is 1. The van der Waals surface area contributed by atoms with E-state index in [0.717, 1.165) is 40.7 Å². The number of nitrogens with zero attached hydrogens (tertiary/aromatic N) is 5. The van der Waals surface area contributed by atoms with Crippen LogP contribution in [0.15, 0.2) is 42.9 Å². The van der Waals surface area contributed by atoms with Gasteiger partial charge in [0.25, 0.3) is 0 Å². The van der Waals surface area contributed by atoms with Crippen LogP contribution in [-0.2, 0) is 23.2 Å². The van der Waals surface area contributed by atoms with E-state index in [-0.39, 0.29) is 23.4 Å². The largest absolute Gasteiger partial charge is 0.439 e. The maximum absolute atomic E-state index is 13.0. The lowest BCUT2D eigenvalue weighted by Gasteiger charge is -2.33. The van der Waals surface area contributed by atoms with Gasteiger partial charge in [-0.05, 0) is 50.5 Å². The van der Waals surface area contributed by atoms with Crippen LogP contribution in [0.4, 0.5) is 10.6 Å². The molecule has 0 spiro atoms. The minimum atomic E-state index is -0.284. The molecule has 4 heterocycles. The highest BCUT2D eigenvalue weighted by Gasteiger charge is 2.40. The summed E-state index contributed by atoms with van der Waals surface area (Å²) in [5.41, 5.74) is 3.76. The first-order valence-electron chi connectivity index (χ1n) is 12.8. The van der Waals surface area contributed by atoms with Crippen molar-refractivity contribution in [1.82, 2.24) is 34.9 Å². The fraction of sp³-hybridized carbons (Fsp3) is 0.370. The molecule has 6 rings (SSSR count). The number of hydrogen-bond acceptors (Lipinski definition) is 7. The Morgan fingerprint density at radius 2 is 2.05 bits per heavy atom. The number of carbonyl (C=O) groups is 2. The average Bonchev–Trinajstić information content (AvgIpc) is 3.28. The zero-order valence-corrected chi connectivity index (χ0v) is 21.6. The number of aromatic nitrogens is 5. The van der Waals surface area contributed by atoms with Crippen LogP contribution in [0.25, 0.3) is 10.9 Å². The molecule has 1 fully saturated rings. The van der Waals surface area contributed by atoms with Gasteiger partial charge in [0, 0.05) is 54.0 Å². The molecule has 1 aliphatic carbocycles. The Hall–Kier alpha value is -4.25. The minimum absolute atomic E-state index is 0.0264. The quantitative estimate of drug-likeness (QED) is 0.359. The lowest BCUT2D eigenvalue weighted by atomic mass is 9.99. The number of hydrogen-bond donors (Lipinski definition) is 3. The van der Waals surface area contributed by atoms with E-state index in [0.29, 0.717) is 37.0 Å². The number of H-pyrrole nitrogens is 1. The Balaban J connectivity index is 1.18. The minimum Gasteiger partial charge on any atom is -0.439 e. The molecule has 3 aromatic heterocycles. The van der Waals surface area contributed by atoms with Crippen molar-refractivity contribution in [3.05, 3.63) is 59.8 Å². The predicted molar refractivity (Wildman–Crippen MR) is 141 cm³/mol. The van der Waals surface area contributed by atoms with E-state index in [9.17, 15) is 9.59 Å². The molecule has 0 saturated heterocycles. The van der Waals surface area contributed by atoms with Gasteiger partial charge in [-0.2, -0.15) is 5.10 Å². The fourth-order valence-corrected chi connectivity index (χ4v) is 4.90. The van der Waals surface area contributed by atoms with Gasteiger partial charge in [-0.15, -0.1) is 0 Å². The van der Waals surface area contributed by atoms with Crippen molar-refractivity contribution in [3.8, 4) is 11.6 Å². The molecular formula is C27H30N8O3. The standard InChI is InChI=1S/C27H30N8O3/c1-16-10-19-20(13-34(16)14-24(36)28-3)29-15-30-25(19)38-18-4-5-21-17(11-18)6-9-35(21)26(37)31-23-12-22(32-33-23)27(2)7-8-27/h4-6,9,11-12,15-16H,7-8,10,13-14H2,1-3H3,(H,28,36)(H2,31,32,33,37)/t16-/m0/s1. The molecule has 196 valence electrons. The zero-order valence-electron chi connectivity index (χ0n) is 21.6. The third-order valence-electron chi connectivity index (χ3n) is 7.65. The molecule has 3 N–H and O–H groups in total. The van der Waals surface area contributed by atoms with Crippen molar-refractivity contribution in [2.45, 2.75) is 51.1 Å². The summed E-state index contributed by atoms with van der Waals surface area (Å²) in [4.78, 5) is 35.8. The predicted octanol–water partition coefficient (Wildman–Crippen LogP) is 3.57. The van der Waals surface area contributed by atoms with Crippen LogP contribution in [0.1, 0.15) is 43.6 Å². The smallest absolute Gasteiger partial charge is 0.331 e. The van der Waals surface area contributed by atoms with E-state index in [1.165, 1.54) is 6.33 Å². The Labute approximate surface area is 219 Å². The highest BCUT2D eigenvalue weighted by molar-refractivity contribution is 5.98. The van der Waals surface area contributed by atoms with Gasteiger partial charge in [0.1, 0.15) is 12.1 Å². The average molecular weight is 515 g/mol. The number of ether oxygens (including phenoxy) is 1. The Kier molecular flexibility index (Phi) is 5.87. The van der Waals surface area contributed by atoms with Gasteiger partial charge in [0.05, 0.1) is 17.8 Å². The monoisotopic (exact) mass is 514 g/mol. The van der Waals surface area contributed by atoms with Crippen LogP contribution in [-0.4, -0.2) is 61.2 Å². The van der Waals surface area contributed by atoms with Crippen molar-refractivity contribution in [2.75, 3.05) is 18.9 Å². The van der Waals surface area contributed by atoms with Crippen molar-refractivity contribution in [3.63, 3.8) is 0 Å². The second-order valence-corrected chi connectivity index (χ2v) is 10.4. The van der Waals surface area contributed by atoms with Crippen molar-refractivity contribution < 1.29 is 14.3 Å². The Bertz CT molecular complexity index is 1540. The van der Waals surface area contributed by atoms with E-state index >= 15 is 0 Å². The van der Waals surface area contributed by atoms with Crippen LogP contribution >= 0.6 is 0 Å². The van der Waals surface area contributed by atoms with Crippen molar-refractivity contribution in [1.29, 1.82) is 0 Å². The summed E-state index contributed by atoms with van der Waals surface area (Å²) in [6.45, 7) is 5.14. The van der Waals surface area contributed by atoms with Gasteiger partial charge in [-0.1, -0.05) is 6.92 Å². The normalized spacial score (nSPS) is 18.1. The van der Waals surface area contributed by atoms with E-state index in [4.69, 9.17) is 4.74 Å². The molecule has 0 bridgehead atoms. The molecular weight excluding hydrogens is 484 g/mol. The van der Waals surface area contributed by atoms with Gasteiger partial charge in [0.2, 0.25) is 11.8 Å². The summed E-state index contributed by atoms with van der Waals surface area (Å²) in [6, 6.07) is 9.20. The number of amides is 2. The lowest BCUT2D eigenvalue weighted by Crippen LogP contribution is -2.44. The molecule has 1 atom stereocenters. The molecule has 2 aliphatic rings. The molecule has 1 aromatic carbocycles. The van der Waals surface area contributed by atoms with Crippen LogP contribution in [0, 0.1) is 0 Å². The first kappa shape index (κ1) is 24.1. The van der Waals surface area contributed by atoms with Crippen LogP contribution < -0.4 is 15.4 Å². The van der Waals surface area contributed by atoms with Crippen molar-refractivity contribution in [2.24, 2.45) is 0 Å². The lowest BCUT2D eigenvalue weighted by molar-refractivity contribution is -0.122. The first-order valence-corrected chi connectivity index (χ1v) is 12.8. The molecule has 1 saturated carbocycles. The molecule has 11 nitrogen and oxygen atoms in total. The third kappa shape index (κ3) is 4.49. The molecule has 38 heavy (non-hydrogen) atoms. The van der Waals surface area contributed by atoms with Crippen LogP contribution in [0.3, 0.4) is 0 Å². The summed E-state index contributed by atoms with van der Waals surface area (Å²) >= 11 is 0. The van der Waals surface area contributed by atoms with Gasteiger partial charge >= 0.3 is 6.03 Å². The third-order valence-corrected chi connectivity index (χ3v) is 7.65. The number of carbonyl (C=O) groups excluding carboxylic acids is 2. The van der Waals surface area contributed by atoms with Gasteiger partial charge in [-0.25, -0.2) is 14.8 Å². The van der Waals surface area contributed by atoms with E-state index in [2.05, 4.69) is 49.5 Å². The van der Waals surface area contributed by atoms with E-state index in [1.807, 2.05) is 30.3 Å². The highest BCUT2D eigenvalue weighted by Crippen LogP contribution is 2.47. The molecule has 4 aromatic rings. The summed E-state index contributed by atoms with van der Waals surface area (Å²) in [5, 5.41) is 13.7. The molecule has 2 amide bonds. The maximum atomic E-state index is 13.0. The number of anilines is 1. The Morgan fingerprint density at radius 1 is 1.21 bits per heavy atom. The number of nitrogens with one attached hydrogen (secondary N) is 3. The number of rotatable bonds is 6. The molecule has 0 unspecified atom stereocenters. The van der Waals surface area contributed by atoms with Crippen LogP contribution in [0.5, 0.6) is 11.6 Å². The maximum Gasteiger partial charge on any atom is 0.331 e. The van der Waals surface area contributed by atoms with Gasteiger partial charge in [0.15, 0.2) is 5.82 Å². The topological polar surface area (TPSA) is 130 Å². The highest BCUT2D eigenvalue weighted by atomic mass is 16.5. The second kappa shape index (κ2) is 9.25. The SMILES string of the molecule is CNC(=O)CN1Cc2ncnc(Oc3ccc4c(ccn4C(=O)Nc4cc(C5(C)CC5)[nH]n4)c3)c2C[C@@H]1C. The number of fused-ring (bicyclic) bond motifs is 2.